The smallest absolute Gasteiger partial charge is 0.383 e. The van der Waals surface area contributed by atoms with Crippen molar-refractivity contribution in [2.75, 3.05) is 39.5 Å². The molecule has 3 N–H and O–H groups in total. The van der Waals surface area contributed by atoms with Crippen LogP contribution in [0.4, 0.5) is 8.78 Å². The van der Waals surface area contributed by atoms with Gasteiger partial charge in [-0.15, -0.1) is 0 Å². The number of ether oxygens (including phenoxy) is 3. The molecule has 4 amide bonds. The van der Waals surface area contributed by atoms with E-state index in [1.54, 1.807) is 49.9 Å². The lowest BCUT2D eigenvalue weighted by atomic mass is 9.96. The van der Waals surface area contributed by atoms with E-state index in [2.05, 4.69) is 16.0 Å². The molecule has 3 atom stereocenters. The Kier molecular flexibility index (Phi) is 17.0. The van der Waals surface area contributed by atoms with Gasteiger partial charge in [0, 0.05) is 43.8 Å². The van der Waals surface area contributed by atoms with Crippen LogP contribution in [0.3, 0.4) is 0 Å². The maximum Gasteiger partial charge on any atom is 0.383 e. The third-order valence-electron chi connectivity index (χ3n) is 10.2. The number of amides is 4. The van der Waals surface area contributed by atoms with E-state index in [4.69, 9.17) is 14.2 Å². The van der Waals surface area contributed by atoms with Crippen LogP contribution >= 0.6 is 0 Å². The number of alkyl halides is 2. The molecular weight excluding hydrogens is 787 g/mol. The molecule has 4 aromatic rings. The minimum absolute atomic E-state index is 0.137. The van der Waals surface area contributed by atoms with E-state index in [1.165, 1.54) is 24.3 Å². The van der Waals surface area contributed by atoms with Crippen LogP contribution in [0.2, 0.25) is 0 Å². The van der Waals surface area contributed by atoms with E-state index in [-0.39, 0.29) is 37.0 Å². The summed E-state index contributed by atoms with van der Waals surface area (Å²) >= 11 is 0. The summed E-state index contributed by atoms with van der Waals surface area (Å²) in [5.74, 6) is -10.2. The molecule has 12 nitrogen and oxygen atoms in total. The molecule has 1 saturated heterocycles. The molecule has 1 heterocycles. The van der Waals surface area contributed by atoms with Gasteiger partial charge in [-0.2, -0.15) is 8.78 Å². The number of benzene rings is 4. The standard InChI is InChI=1S/C47H54F2N4O8/c1-32(2)41(52-43(55)37-16-18-38(19-17-37)45(57)53-23-26-59-27-24-53)44(56)51-40(28-34-14-20-39(21-15-34)61-31-36-12-8-5-9-13-36)42(54)47(48,49)46(58)50-29-33(3)22-25-60-30-35-10-6-4-7-11-35/h4-21,32-33,40-41H,22-31H2,1-3H3,(H,50,58)(H,51,56)(H,52,55). The summed E-state index contributed by atoms with van der Waals surface area (Å²) in [4.78, 5) is 68.5. The molecule has 3 unspecified atom stereocenters. The molecule has 14 heteroatoms. The molecule has 4 aromatic carbocycles. The molecule has 0 aromatic heterocycles. The van der Waals surface area contributed by atoms with Crippen molar-refractivity contribution in [2.45, 2.75) is 64.8 Å². The molecule has 61 heavy (non-hydrogen) atoms. The zero-order valence-corrected chi connectivity index (χ0v) is 34.7. The number of Topliss-reactive ketones (excluding diaryl/α,β-unsaturated/α-hetero) is 1. The fourth-order valence-corrected chi connectivity index (χ4v) is 6.50. The average molecular weight is 841 g/mol. The zero-order valence-electron chi connectivity index (χ0n) is 34.7. The zero-order chi connectivity index (χ0) is 43.8. The van der Waals surface area contributed by atoms with Crippen LogP contribution < -0.4 is 20.7 Å². The van der Waals surface area contributed by atoms with E-state index < -0.39 is 47.4 Å². The number of carbonyl (C=O) groups is 5. The number of morpholine rings is 1. The highest BCUT2D eigenvalue weighted by Gasteiger charge is 2.50. The molecule has 0 saturated carbocycles. The van der Waals surface area contributed by atoms with Gasteiger partial charge in [-0.05, 0) is 71.3 Å². The monoisotopic (exact) mass is 840 g/mol. The number of hydrogen-bond donors (Lipinski definition) is 3. The van der Waals surface area contributed by atoms with Crippen LogP contribution in [-0.2, 0) is 43.5 Å². The second kappa shape index (κ2) is 22.6. The Morgan fingerprint density at radius 1 is 0.738 bits per heavy atom. The van der Waals surface area contributed by atoms with Crippen molar-refractivity contribution in [1.82, 2.24) is 20.9 Å². The van der Waals surface area contributed by atoms with Crippen molar-refractivity contribution < 1.29 is 47.0 Å². The van der Waals surface area contributed by atoms with Gasteiger partial charge in [0.15, 0.2) is 0 Å². The minimum atomic E-state index is -4.52. The molecular formula is C47H54F2N4O8. The topological polar surface area (TPSA) is 152 Å². The first-order valence-electron chi connectivity index (χ1n) is 20.5. The van der Waals surface area contributed by atoms with Crippen LogP contribution in [0, 0.1) is 11.8 Å². The van der Waals surface area contributed by atoms with E-state index in [1.807, 2.05) is 60.7 Å². The third kappa shape index (κ3) is 13.8. The average Bonchev–Trinajstić information content (AvgIpc) is 3.28. The van der Waals surface area contributed by atoms with Gasteiger partial charge < -0.3 is 35.1 Å². The van der Waals surface area contributed by atoms with Crippen molar-refractivity contribution >= 4 is 29.4 Å². The van der Waals surface area contributed by atoms with Crippen LogP contribution in [0.15, 0.2) is 109 Å². The van der Waals surface area contributed by atoms with Crippen molar-refractivity contribution in [3.05, 3.63) is 137 Å². The number of rotatable bonds is 21. The molecule has 5 rings (SSSR count). The minimum Gasteiger partial charge on any atom is -0.489 e. The lowest BCUT2D eigenvalue weighted by Gasteiger charge is -2.27. The quantitative estimate of drug-likeness (QED) is 0.0706. The van der Waals surface area contributed by atoms with Gasteiger partial charge in [0.1, 0.15) is 18.4 Å². The highest BCUT2D eigenvalue weighted by molar-refractivity contribution is 6.11. The van der Waals surface area contributed by atoms with Crippen molar-refractivity contribution in [2.24, 2.45) is 11.8 Å². The van der Waals surface area contributed by atoms with Gasteiger partial charge in [-0.3, -0.25) is 24.0 Å². The predicted molar refractivity (Wildman–Crippen MR) is 225 cm³/mol. The summed E-state index contributed by atoms with van der Waals surface area (Å²) in [7, 11) is 0. The first-order valence-corrected chi connectivity index (χ1v) is 20.5. The number of ketones is 1. The molecule has 324 valence electrons. The fraction of sp³-hybridized carbons (Fsp3) is 0.383. The number of nitrogens with zero attached hydrogens (tertiary/aromatic N) is 1. The molecule has 0 radical (unpaired) electrons. The lowest BCUT2D eigenvalue weighted by Crippen LogP contribution is -2.59. The van der Waals surface area contributed by atoms with Crippen molar-refractivity contribution in [3.63, 3.8) is 0 Å². The Balaban J connectivity index is 1.25. The van der Waals surface area contributed by atoms with Gasteiger partial charge in [-0.25, -0.2) is 0 Å². The fourth-order valence-electron chi connectivity index (χ4n) is 6.50. The van der Waals surface area contributed by atoms with E-state index >= 15 is 8.78 Å². The van der Waals surface area contributed by atoms with Gasteiger partial charge in [-0.1, -0.05) is 93.6 Å². The summed E-state index contributed by atoms with van der Waals surface area (Å²) in [6.45, 7) is 7.70. The first-order chi connectivity index (χ1) is 29.3. The van der Waals surface area contributed by atoms with Crippen LogP contribution in [0.5, 0.6) is 5.75 Å². The summed E-state index contributed by atoms with van der Waals surface area (Å²) in [5.41, 5.74) is 2.86. The normalized spacial score (nSPS) is 14.4. The summed E-state index contributed by atoms with van der Waals surface area (Å²) in [6, 6.07) is 28.2. The number of hydrogen-bond acceptors (Lipinski definition) is 8. The lowest BCUT2D eigenvalue weighted by molar-refractivity contribution is -0.160. The first kappa shape index (κ1) is 46.1. The van der Waals surface area contributed by atoms with Crippen molar-refractivity contribution in [3.8, 4) is 5.75 Å². The van der Waals surface area contributed by atoms with Crippen molar-refractivity contribution in [1.29, 1.82) is 0 Å². The van der Waals surface area contributed by atoms with Gasteiger partial charge >= 0.3 is 5.92 Å². The Morgan fingerprint density at radius 3 is 1.93 bits per heavy atom. The molecule has 1 aliphatic rings. The van der Waals surface area contributed by atoms with Gasteiger partial charge in [0.05, 0.1) is 25.9 Å². The van der Waals surface area contributed by atoms with E-state index in [0.29, 0.717) is 62.8 Å². The maximum absolute atomic E-state index is 15.8. The summed E-state index contributed by atoms with van der Waals surface area (Å²) in [5, 5.41) is 7.27. The number of halogens is 2. The Hall–Kier alpha value is -5.99. The van der Waals surface area contributed by atoms with Crippen LogP contribution in [0.25, 0.3) is 0 Å². The summed E-state index contributed by atoms with van der Waals surface area (Å²) in [6.07, 6.45) is 0.0777. The largest absolute Gasteiger partial charge is 0.489 e. The molecule has 0 bridgehead atoms. The summed E-state index contributed by atoms with van der Waals surface area (Å²) < 4.78 is 48.5. The molecule has 0 spiro atoms. The second-order valence-corrected chi connectivity index (χ2v) is 15.4. The van der Waals surface area contributed by atoms with Crippen LogP contribution in [-0.4, -0.2) is 91.8 Å². The highest BCUT2D eigenvalue weighted by atomic mass is 19.3. The number of nitrogens with one attached hydrogen (secondary N) is 3. The Bertz CT molecular complexity index is 2040. The van der Waals surface area contributed by atoms with Gasteiger partial charge in [0.25, 0.3) is 17.7 Å². The van der Waals surface area contributed by atoms with E-state index in [9.17, 15) is 24.0 Å². The molecule has 0 aliphatic carbocycles. The highest BCUT2D eigenvalue weighted by Crippen LogP contribution is 2.22. The molecule has 1 aliphatic heterocycles. The maximum atomic E-state index is 15.8. The second-order valence-electron chi connectivity index (χ2n) is 15.4. The Morgan fingerprint density at radius 2 is 1.33 bits per heavy atom. The SMILES string of the molecule is CC(CCOCc1ccccc1)CNC(=O)C(F)(F)C(=O)C(Cc1ccc(OCc2ccccc2)cc1)NC(=O)C(NC(=O)c1ccc(C(=O)N2CCOCC2)cc1)C(C)C. The molecule has 1 fully saturated rings. The van der Waals surface area contributed by atoms with E-state index in [0.717, 1.165) is 11.1 Å². The third-order valence-corrected chi connectivity index (χ3v) is 10.2. The predicted octanol–water partition coefficient (Wildman–Crippen LogP) is 5.78. The van der Waals surface area contributed by atoms with Crippen LogP contribution in [0.1, 0.15) is 64.6 Å². The van der Waals surface area contributed by atoms with Gasteiger partial charge in [0.2, 0.25) is 11.7 Å². The number of carbonyl (C=O) groups excluding carboxylic acids is 5. The Labute approximate surface area is 355 Å².